The second-order valence-electron chi connectivity index (χ2n) is 4.46. The summed E-state index contributed by atoms with van der Waals surface area (Å²) in [6.45, 7) is 4.11. The lowest BCUT2D eigenvalue weighted by Crippen LogP contribution is -1.83. The van der Waals surface area contributed by atoms with Crippen LogP contribution in [0.2, 0.25) is 0 Å². The van der Waals surface area contributed by atoms with Gasteiger partial charge in [-0.2, -0.15) is 5.26 Å². The van der Waals surface area contributed by atoms with Crippen molar-refractivity contribution in [2.24, 2.45) is 10.2 Å². The molecule has 0 spiro atoms. The van der Waals surface area contributed by atoms with Crippen molar-refractivity contribution < 1.29 is 0 Å². The molecule has 0 bridgehead atoms. The molecule has 0 saturated heterocycles. The molecule has 0 heterocycles. The van der Waals surface area contributed by atoms with E-state index in [4.69, 9.17) is 5.26 Å². The number of aryl methyl sites for hydroxylation is 2. The van der Waals surface area contributed by atoms with Crippen LogP contribution < -0.4 is 0 Å². The Hall–Kier alpha value is -2.12. The maximum Gasteiger partial charge on any atom is 0.103 e. The van der Waals surface area contributed by atoms with Gasteiger partial charge in [0.25, 0.3) is 0 Å². The van der Waals surface area contributed by atoms with Crippen LogP contribution in [0.3, 0.4) is 0 Å². The maximum atomic E-state index is 9.05. The third-order valence-corrected chi connectivity index (χ3v) is 3.83. The molecule has 0 atom stereocenters. The zero-order valence-electron chi connectivity index (χ0n) is 11.7. The summed E-state index contributed by atoms with van der Waals surface area (Å²) in [5, 5.41) is 17.6. The van der Waals surface area contributed by atoms with E-state index in [-0.39, 0.29) is 0 Å². The lowest BCUT2D eigenvalue weighted by molar-refractivity contribution is 1.15. The fourth-order valence-electron chi connectivity index (χ4n) is 2.03. The van der Waals surface area contributed by atoms with E-state index in [0.717, 1.165) is 16.1 Å². The standard InChI is InChI=1S/C16H15N3S/c1-11-8-12(2)16(20-3)15(9-11)19-18-14-7-5-4-6-13(14)10-17/h4-9H,1-3H3. The number of thioether (sulfide) groups is 1. The summed E-state index contributed by atoms with van der Waals surface area (Å²) >= 11 is 1.66. The summed E-state index contributed by atoms with van der Waals surface area (Å²) in [6, 6.07) is 13.5. The number of nitrogens with zero attached hydrogens (tertiary/aromatic N) is 3. The zero-order valence-corrected chi connectivity index (χ0v) is 12.5. The molecule has 0 radical (unpaired) electrons. The van der Waals surface area contributed by atoms with Gasteiger partial charge in [0.05, 0.1) is 11.3 Å². The van der Waals surface area contributed by atoms with E-state index < -0.39 is 0 Å². The van der Waals surface area contributed by atoms with Crippen molar-refractivity contribution in [1.82, 2.24) is 0 Å². The van der Waals surface area contributed by atoms with Crippen LogP contribution in [0.5, 0.6) is 0 Å². The molecular weight excluding hydrogens is 266 g/mol. The van der Waals surface area contributed by atoms with E-state index in [1.165, 1.54) is 5.56 Å². The summed E-state index contributed by atoms with van der Waals surface area (Å²) < 4.78 is 0. The van der Waals surface area contributed by atoms with Crippen molar-refractivity contribution >= 4 is 23.1 Å². The van der Waals surface area contributed by atoms with Crippen LogP contribution >= 0.6 is 11.8 Å². The summed E-state index contributed by atoms with van der Waals surface area (Å²) in [5.41, 5.74) is 4.33. The van der Waals surface area contributed by atoms with Gasteiger partial charge in [-0.15, -0.1) is 22.0 Å². The van der Waals surface area contributed by atoms with Gasteiger partial charge in [0.1, 0.15) is 11.8 Å². The van der Waals surface area contributed by atoms with Crippen LogP contribution in [0.1, 0.15) is 16.7 Å². The largest absolute Gasteiger partial charge is 0.192 e. The molecule has 100 valence electrons. The van der Waals surface area contributed by atoms with E-state index >= 15 is 0 Å². The van der Waals surface area contributed by atoms with Gasteiger partial charge in [-0.3, -0.25) is 0 Å². The first-order chi connectivity index (χ1) is 9.65. The first-order valence-electron chi connectivity index (χ1n) is 6.22. The first kappa shape index (κ1) is 14.3. The monoisotopic (exact) mass is 281 g/mol. The maximum absolute atomic E-state index is 9.05. The lowest BCUT2D eigenvalue weighted by atomic mass is 10.1. The van der Waals surface area contributed by atoms with Crippen LogP contribution in [-0.2, 0) is 0 Å². The minimum Gasteiger partial charge on any atom is -0.192 e. The summed E-state index contributed by atoms with van der Waals surface area (Å²) in [4.78, 5) is 1.12. The van der Waals surface area contributed by atoms with Gasteiger partial charge >= 0.3 is 0 Å². The molecule has 0 amide bonds. The Balaban J connectivity index is 2.44. The van der Waals surface area contributed by atoms with Gasteiger partial charge in [-0.1, -0.05) is 18.2 Å². The van der Waals surface area contributed by atoms with E-state index in [1.54, 1.807) is 23.9 Å². The number of rotatable bonds is 3. The van der Waals surface area contributed by atoms with E-state index in [1.807, 2.05) is 31.4 Å². The Morgan fingerprint density at radius 2 is 1.75 bits per heavy atom. The van der Waals surface area contributed by atoms with Gasteiger partial charge in [-0.05, 0) is 49.4 Å². The topological polar surface area (TPSA) is 48.5 Å². The molecule has 3 nitrogen and oxygen atoms in total. The molecule has 0 saturated carbocycles. The van der Waals surface area contributed by atoms with E-state index in [0.29, 0.717) is 11.3 Å². The minimum absolute atomic E-state index is 0.534. The van der Waals surface area contributed by atoms with Crippen molar-refractivity contribution in [1.29, 1.82) is 5.26 Å². The molecule has 0 fully saturated rings. The summed E-state index contributed by atoms with van der Waals surface area (Å²) in [5.74, 6) is 0. The Labute approximate surface area is 123 Å². The van der Waals surface area contributed by atoms with Gasteiger partial charge in [0, 0.05) is 4.90 Å². The third-order valence-electron chi connectivity index (χ3n) is 2.89. The predicted octanol–water partition coefficient (Wildman–Crippen LogP) is 5.31. The molecule has 2 aromatic carbocycles. The Kier molecular flexibility index (Phi) is 4.54. The van der Waals surface area contributed by atoms with Crippen LogP contribution in [0.15, 0.2) is 51.5 Å². The fraction of sp³-hybridized carbons (Fsp3) is 0.188. The number of nitriles is 1. The highest BCUT2D eigenvalue weighted by Gasteiger charge is 2.06. The molecule has 2 aromatic rings. The first-order valence-corrected chi connectivity index (χ1v) is 7.44. The molecule has 20 heavy (non-hydrogen) atoms. The number of hydrogen-bond donors (Lipinski definition) is 0. The molecule has 0 aliphatic carbocycles. The van der Waals surface area contributed by atoms with Gasteiger partial charge in [0.15, 0.2) is 0 Å². The summed E-state index contributed by atoms with van der Waals surface area (Å²) in [7, 11) is 0. The van der Waals surface area contributed by atoms with E-state index in [2.05, 4.69) is 29.3 Å². The average Bonchev–Trinajstić information content (AvgIpc) is 2.45. The normalized spacial score (nSPS) is 10.7. The molecule has 0 aliphatic heterocycles. The number of hydrogen-bond acceptors (Lipinski definition) is 4. The van der Waals surface area contributed by atoms with Crippen LogP contribution in [-0.4, -0.2) is 6.26 Å². The predicted molar refractivity (Wildman–Crippen MR) is 83.0 cm³/mol. The zero-order chi connectivity index (χ0) is 14.5. The van der Waals surface area contributed by atoms with Crippen molar-refractivity contribution in [3.05, 3.63) is 53.1 Å². The SMILES string of the molecule is CSc1c(C)cc(C)cc1N=Nc1ccccc1C#N. The Morgan fingerprint density at radius 1 is 1.05 bits per heavy atom. The fourth-order valence-corrected chi connectivity index (χ4v) is 2.72. The third kappa shape index (κ3) is 3.06. The van der Waals surface area contributed by atoms with Crippen molar-refractivity contribution in [2.75, 3.05) is 6.26 Å². The average molecular weight is 281 g/mol. The molecule has 0 unspecified atom stereocenters. The number of benzene rings is 2. The van der Waals surface area contributed by atoms with Crippen molar-refractivity contribution in [3.8, 4) is 6.07 Å². The highest BCUT2D eigenvalue weighted by atomic mass is 32.2. The van der Waals surface area contributed by atoms with Gasteiger partial charge in [-0.25, -0.2) is 0 Å². The van der Waals surface area contributed by atoms with Crippen molar-refractivity contribution in [2.45, 2.75) is 18.7 Å². The molecule has 0 aromatic heterocycles. The molecular formula is C16H15N3S. The molecule has 2 rings (SSSR count). The Bertz CT molecular complexity index is 699. The highest BCUT2D eigenvalue weighted by molar-refractivity contribution is 7.98. The van der Waals surface area contributed by atoms with Gasteiger partial charge in [0.2, 0.25) is 0 Å². The van der Waals surface area contributed by atoms with Gasteiger partial charge < -0.3 is 0 Å². The second kappa shape index (κ2) is 6.36. The highest BCUT2D eigenvalue weighted by Crippen LogP contribution is 2.33. The Morgan fingerprint density at radius 3 is 2.45 bits per heavy atom. The van der Waals surface area contributed by atoms with Crippen molar-refractivity contribution in [3.63, 3.8) is 0 Å². The van der Waals surface area contributed by atoms with Crippen LogP contribution in [0.4, 0.5) is 11.4 Å². The minimum atomic E-state index is 0.534. The van der Waals surface area contributed by atoms with Crippen LogP contribution in [0.25, 0.3) is 0 Å². The smallest absolute Gasteiger partial charge is 0.103 e. The number of azo groups is 1. The molecule has 0 aliphatic rings. The van der Waals surface area contributed by atoms with Crippen LogP contribution in [0, 0.1) is 25.2 Å². The molecule has 4 heteroatoms. The quantitative estimate of drug-likeness (QED) is 0.565. The lowest BCUT2D eigenvalue weighted by Gasteiger charge is -2.07. The molecule has 0 N–H and O–H groups in total. The van der Waals surface area contributed by atoms with E-state index in [9.17, 15) is 0 Å². The second-order valence-corrected chi connectivity index (χ2v) is 5.28. The summed E-state index contributed by atoms with van der Waals surface area (Å²) in [6.07, 6.45) is 2.03.